The number of nitrogens with one attached hydrogen (secondary N) is 1. The average Bonchev–Trinajstić information content (AvgIpc) is 2.22. The monoisotopic (exact) mass is 318 g/mol. The van der Waals surface area contributed by atoms with Crippen LogP contribution in [0.5, 0.6) is 0 Å². The van der Waals surface area contributed by atoms with Crippen LogP contribution in [-0.2, 0) is 11.3 Å². The molecule has 0 spiro atoms. The van der Waals surface area contributed by atoms with Gasteiger partial charge in [0.25, 0.3) is 0 Å². The van der Waals surface area contributed by atoms with Gasteiger partial charge in [0.05, 0.1) is 11.1 Å². The van der Waals surface area contributed by atoms with Crippen molar-refractivity contribution >= 4 is 33.4 Å². The summed E-state index contributed by atoms with van der Waals surface area (Å²) in [6.07, 6.45) is 0. The predicted octanol–water partition coefficient (Wildman–Crippen LogP) is 2.70. The van der Waals surface area contributed by atoms with Crippen molar-refractivity contribution in [3.8, 4) is 0 Å². The van der Waals surface area contributed by atoms with Gasteiger partial charge in [-0.15, -0.1) is 0 Å². The van der Waals surface area contributed by atoms with Gasteiger partial charge >= 0.3 is 0 Å². The highest BCUT2D eigenvalue weighted by atomic mass is 79.9. The molecule has 0 aliphatic rings. The van der Waals surface area contributed by atoms with Crippen molar-refractivity contribution in [3.63, 3.8) is 0 Å². The molecule has 0 aliphatic heterocycles. The van der Waals surface area contributed by atoms with Crippen molar-refractivity contribution in [1.82, 2.24) is 5.32 Å². The van der Waals surface area contributed by atoms with Crippen LogP contribution in [0.25, 0.3) is 0 Å². The van der Waals surface area contributed by atoms with Gasteiger partial charge in [0, 0.05) is 11.0 Å². The zero-order valence-corrected chi connectivity index (χ0v) is 12.2. The minimum absolute atomic E-state index is 0.170. The summed E-state index contributed by atoms with van der Waals surface area (Å²) in [7, 11) is 0. The maximum absolute atomic E-state index is 11.2. The molecule has 0 aromatic heterocycles. The predicted molar refractivity (Wildman–Crippen MR) is 73.8 cm³/mol. The molecule has 0 heterocycles. The Bertz CT molecular complexity index is 409. The van der Waals surface area contributed by atoms with Crippen LogP contribution in [0, 0.1) is 5.92 Å². The quantitative estimate of drug-likeness (QED) is 0.877. The molecule has 0 saturated heterocycles. The molecular weight excluding hydrogens is 304 g/mol. The number of primary amides is 1. The van der Waals surface area contributed by atoms with E-state index in [9.17, 15) is 4.79 Å². The second kappa shape index (κ2) is 6.38. The molecule has 1 unspecified atom stereocenters. The van der Waals surface area contributed by atoms with E-state index >= 15 is 0 Å². The van der Waals surface area contributed by atoms with Crippen LogP contribution in [0.1, 0.15) is 19.4 Å². The van der Waals surface area contributed by atoms with Crippen LogP contribution in [0.15, 0.2) is 22.7 Å². The normalized spacial score (nSPS) is 12.8. The highest BCUT2D eigenvalue weighted by Gasteiger charge is 2.18. The van der Waals surface area contributed by atoms with Crippen molar-refractivity contribution in [2.45, 2.75) is 26.4 Å². The van der Waals surface area contributed by atoms with Crippen molar-refractivity contribution in [1.29, 1.82) is 0 Å². The molecule has 1 rings (SSSR count). The third-order valence-corrected chi connectivity index (χ3v) is 3.70. The summed E-state index contributed by atoms with van der Waals surface area (Å²) >= 11 is 9.26. The zero-order valence-electron chi connectivity index (χ0n) is 9.84. The molecule has 94 valence electrons. The van der Waals surface area contributed by atoms with E-state index in [-0.39, 0.29) is 17.9 Å². The number of amides is 1. The molecule has 1 aromatic carbocycles. The first-order valence-electron chi connectivity index (χ1n) is 5.38. The van der Waals surface area contributed by atoms with E-state index in [1.165, 1.54) is 0 Å². The minimum atomic E-state index is -0.326. The first-order chi connectivity index (χ1) is 7.91. The fraction of sp³-hybridized carbons (Fsp3) is 0.417. The molecule has 5 heteroatoms. The molecule has 0 saturated carbocycles. The fourth-order valence-electron chi connectivity index (χ4n) is 1.54. The van der Waals surface area contributed by atoms with Crippen LogP contribution in [-0.4, -0.2) is 11.9 Å². The Balaban J connectivity index is 2.65. The summed E-state index contributed by atoms with van der Waals surface area (Å²) in [6, 6.07) is 5.34. The van der Waals surface area contributed by atoms with Crippen molar-refractivity contribution < 1.29 is 4.79 Å². The maximum Gasteiger partial charge on any atom is 0.234 e. The molecule has 0 fully saturated rings. The summed E-state index contributed by atoms with van der Waals surface area (Å²) in [5, 5.41) is 3.81. The molecule has 17 heavy (non-hydrogen) atoms. The second-order valence-corrected chi connectivity index (χ2v) is 5.51. The Morgan fingerprint density at radius 3 is 2.65 bits per heavy atom. The Kier molecular flexibility index (Phi) is 5.43. The topological polar surface area (TPSA) is 55.1 Å². The van der Waals surface area contributed by atoms with Gasteiger partial charge in [-0.05, 0) is 39.5 Å². The van der Waals surface area contributed by atoms with Crippen molar-refractivity contribution in [2.75, 3.05) is 0 Å². The lowest BCUT2D eigenvalue weighted by atomic mass is 10.0. The largest absolute Gasteiger partial charge is 0.368 e. The Morgan fingerprint density at radius 1 is 1.53 bits per heavy atom. The van der Waals surface area contributed by atoms with E-state index in [4.69, 9.17) is 17.3 Å². The summed E-state index contributed by atoms with van der Waals surface area (Å²) in [5.41, 5.74) is 6.37. The average molecular weight is 320 g/mol. The Labute approximate surface area is 115 Å². The Hall–Kier alpha value is -0.580. The summed E-state index contributed by atoms with van der Waals surface area (Å²) in [6.45, 7) is 4.50. The first kappa shape index (κ1) is 14.5. The summed E-state index contributed by atoms with van der Waals surface area (Å²) in [4.78, 5) is 11.2. The second-order valence-electron chi connectivity index (χ2n) is 4.25. The van der Waals surface area contributed by atoms with E-state index in [0.717, 1.165) is 10.0 Å². The summed E-state index contributed by atoms with van der Waals surface area (Å²) in [5.74, 6) is -0.156. The molecule has 0 bridgehead atoms. The van der Waals surface area contributed by atoms with Crippen LogP contribution < -0.4 is 11.1 Å². The SMILES string of the molecule is CC(C)C(NCc1ccc(Cl)c(Br)c1)C(N)=O. The lowest BCUT2D eigenvalue weighted by molar-refractivity contribution is -0.121. The van der Waals surface area contributed by atoms with Gasteiger partial charge in [0.1, 0.15) is 0 Å². The number of hydrogen-bond acceptors (Lipinski definition) is 2. The lowest BCUT2D eigenvalue weighted by Gasteiger charge is -2.19. The van der Waals surface area contributed by atoms with Gasteiger partial charge in [-0.1, -0.05) is 31.5 Å². The number of benzene rings is 1. The molecule has 1 amide bonds. The van der Waals surface area contributed by atoms with Crippen molar-refractivity contribution in [3.05, 3.63) is 33.3 Å². The fourth-order valence-corrected chi connectivity index (χ4v) is 2.09. The van der Waals surface area contributed by atoms with E-state index in [2.05, 4.69) is 21.2 Å². The number of carbonyl (C=O) groups excluding carboxylic acids is 1. The van der Waals surface area contributed by atoms with Gasteiger partial charge in [0.15, 0.2) is 0 Å². The number of nitrogens with two attached hydrogens (primary N) is 1. The van der Waals surface area contributed by atoms with Gasteiger partial charge < -0.3 is 11.1 Å². The van der Waals surface area contributed by atoms with E-state index < -0.39 is 0 Å². The molecule has 3 N–H and O–H groups in total. The molecular formula is C12H16BrClN2O. The zero-order chi connectivity index (χ0) is 13.0. The highest BCUT2D eigenvalue weighted by molar-refractivity contribution is 9.10. The van der Waals surface area contributed by atoms with E-state index in [1.807, 2.05) is 32.0 Å². The first-order valence-corrected chi connectivity index (χ1v) is 6.55. The number of rotatable bonds is 5. The number of hydrogen-bond donors (Lipinski definition) is 2. The van der Waals surface area contributed by atoms with Crippen LogP contribution >= 0.6 is 27.5 Å². The van der Waals surface area contributed by atoms with Crippen LogP contribution in [0.4, 0.5) is 0 Å². The third-order valence-electron chi connectivity index (χ3n) is 2.48. The minimum Gasteiger partial charge on any atom is -0.368 e. The van der Waals surface area contributed by atoms with Crippen LogP contribution in [0.3, 0.4) is 0 Å². The maximum atomic E-state index is 11.2. The molecule has 1 atom stereocenters. The molecule has 3 nitrogen and oxygen atoms in total. The van der Waals surface area contributed by atoms with Gasteiger partial charge in [-0.25, -0.2) is 0 Å². The Morgan fingerprint density at radius 2 is 2.18 bits per heavy atom. The van der Waals surface area contributed by atoms with Gasteiger partial charge in [-0.3, -0.25) is 4.79 Å². The smallest absolute Gasteiger partial charge is 0.234 e. The van der Waals surface area contributed by atoms with E-state index in [0.29, 0.717) is 11.6 Å². The van der Waals surface area contributed by atoms with Gasteiger partial charge in [-0.2, -0.15) is 0 Å². The van der Waals surface area contributed by atoms with Gasteiger partial charge in [0.2, 0.25) is 5.91 Å². The molecule has 0 radical (unpaired) electrons. The van der Waals surface area contributed by atoms with Crippen LogP contribution in [0.2, 0.25) is 5.02 Å². The number of halogens is 2. The number of carbonyl (C=O) groups is 1. The standard InChI is InChI=1S/C12H16BrClN2O/c1-7(2)11(12(15)17)16-6-8-3-4-10(14)9(13)5-8/h3-5,7,11,16H,6H2,1-2H3,(H2,15,17). The highest BCUT2D eigenvalue weighted by Crippen LogP contribution is 2.23. The molecule has 0 aliphatic carbocycles. The molecule has 1 aromatic rings. The van der Waals surface area contributed by atoms with E-state index in [1.54, 1.807) is 0 Å². The third kappa shape index (κ3) is 4.30. The lowest BCUT2D eigenvalue weighted by Crippen LogP contribution is -2.44. The van der Waals surface area contributed by atoms with Crippen molar-refractivity contribution in [2.24, 2.45) is 11.7 Å². The summed E-state index contributed by atoms with van der Waals surface area (Å²) < 4.78 is 0.846.